The highest BCUT2D eigenvalue weighted by atomic mass is 16.5. The van der Waals surface area contributed by atoms with Crippen molar-refractivity contribution in [3.63, 3.8) is 0 Å². The summed E-state index contributed by atoms with van der Waals surface area (Å²) in [7, 11) is 0. The molecule has 1 aliphatic heterocycles. The van der Waals surface area contributed by atoms with Crippen LogP contribution in [0.3, 0.4) is 0 Å². The maximum Gasteiger partial charge on any atom is 0.0694 e. The Morgan fingerprint density at radius 2 is 2.19 bits per heavy atom. The van der Waals surface area contributed by atoms with Crippen LogP contribution in [0.15, 0.2) is 12.7 Å². The summed E-state index contributed by atoms with van der Waals surface area (Å²) in [6, 6.07) is 0.451. The van der Waals surface area contributed by atoms with Gasteiger partial charge in [0.2, 0.25) is 0 Å². The highest BCUT2D eigenvalue weighted by Crippen LogP contribution is 2.18. The van der Waals surface area contributed by atoms with E-state index in [9.17, 15) is 5.11 Å². The van der Waals surface area contributed by atoms with Crippen LogP contribution in [-0.2, 0) is 4.74 Å². The van der Waals surface area contributed by atoms with Crippen molar-refractivity contribution in [1.29, 1.82) is 0 Å². The van der Waals surface area contributed by atoms with Crippen molar-refractivity contribution in [1.82, 2.24) is 5.32 Å². The zero-order valence-electron chi connectivity index (χ0n) is 10.3. The molecule has 0 saturated carbocycles. The van der Waals surface area contributed by atoms with Crippen LogP contribution in [0.5, 0.6) is 0 Å². The van der Waals surface area contributed by atoms with Crippen LogP contribution in [0.25, 0.3) is 0 Å². The van der Waals surface area contributed by atoms with E-state index in [1.54, 1.807) is 0 Å². The highest BCUT2D eigenvalue weighted by Gasteiger charge is 2.21. The minimum Gasteiger partial charge on any atom is -0.392 e. The van der Waals surface area contributed by atoms with Crippen molar-refractivity contribution in [2.24, 2.45) is 5.92 Å². The van der Waals surface area contributed by atoms with Gasteiger partial charge in [0.25, 0.3) is 0 Å². The van der Waals surface area contributed by atoms with E-state index in [1.807, 2.05) is 6.08 Å². The van der Waals surface area contributed by atoms with E-state index in [1.165, 1.54) is 0 Å². The largest absolute Gasteiger partial charge is 0.392 e. The number of aliphatic hydroxyl groups is 1. The van der Waals surface area contributed by atoms with Gasteiger partial charge in [-0.15, -0.1) is 6.58 Å². The monoisotopic (exact) mass is 227 g/mol. The number of aliphatic hydroxyl groups excluding tert-OH is 1. The van der Waals surface area contributed by atoms with Gasteiger partial charge in [-0.3, -0.25) is 0 Å². The number of hydrogen-bond acceptors (Lipinski definition) is 3. The molecule has 0 spiro atoms. The SMILES string of the molecule is C=CCCC(C)NCC(O)C1CCOCC1. The maximum atomic E-state index is 10.0. The molecule has 0 amide bonds. The first-order valence-corrected chi connectivity index (χ1v) is 6.34. The molecule has 0 bridgehead atoms. The summed E-state index contributed by atoms with van der Waals surface area (Å²) in [5.41, 5.74) is 0. The highest BCUT2D eigenvalue weighted by molar-refractivity contribution is 4.76. The Balaban J connectivity index is 2.12. The van der Waals surface area contributed by atoms with E-state index in [4.69, 9.17) is 4.74 Å². The molecule has 0 aromatic rings. The zero-order chi connectivity index (χ0) is 11.8. The third-order valence-corrected chi connectivity index (χ3v) is 3.29. The summed E-state index contributed by atoms with van der Waals surface area (Å²) in [6.07, 6.45) is 5.81. The second kappa shape index (κ2) is 7.82. The van der Waals surface area contributed by atoms with E-state index in [0.717, 1.165) is 38.9 Å². The zero-order valence-corrected chi connectivity index (χ0v) is 10.3. The molecule has 2 N–H and O–H groups in total. The molecule has 0 aromatic carbocycles. The first-order chi connectivity index (χ1) is 7.74. The van der Waals surface area contributed by atoms with Gasteiger partial charge in [0.05, 0.1) is 6.10 Å². The molecule has 0 radical (unpaired) electrons. The van der Waals surface area contributed by atoms with Gasteiger partial charge in [0.1, 0.15) is 0 Å². The van der Waals surface area contributed by atoms with E-state index >= 15 is 0 Å². The molecule has 1 saturated heterocycles. The average Bonchev–Trinajstić information content (AvgIpc) is 2.34. The lowest BCUT2D eigenvalue weighted by atomic mass is 9.94. The normalized spacial score (nSPS) is 21.6. The third-order valence-electron chi connectivity index (χ3n) is 3.29. The van der Waals surface area contributed by atoms with Crippen molar-refractivity contribution in [3.8, 4) is 0 Å². The molecule has 1 heterocycles. The lowest BCUT2D eigenvalue weighted by Crippen LogP contribution is -2.39. The first kappa shape index (κ1) is 13.7. The lowest BCUT2D eigenvalue weighted by molar-refractivity contribution is 0.00774. The quantitative estimate of drug-likeness (QED) is 0.651. The molecular formula is C13H25NO2. The fourth-order valence-corrected chi connectivity index (χ4v) is 2.06. The van der Waals surface area contributed by atoms with Crippen LogP contribution in [0.4, 0.5) is 0 Å². The molecule has 16 heavy (non-hydrogen) atoms. The summed E-state index contributed by atoms with van der Waals surface area (Å²) in [4.78, 5) is 0. The predicted molar refractivity (Wildman–Crippen MR) is 66.4 cm³/mol. The Hall–Kier alpha value is -0.380. The van der Waals surface area contributed by atoms with Crippen molar-refractivity contribution in [3.05, 3.63) is 12.7 Å². The summed E-state index contributed by atoms with van der Waals surface area (Å²) >= 11 is 0. The Morgan fingerprint density at radius 3 is 2.81 bits per heavy atom. The molecule has 0 aromatic heterocycles. The van der Waals surface area contributed by atoms with E-state index in [0.29, 0.717) is 18.5 Å². The predicted octanol–water partition coefficient (Wildman–Crippen LogP) is 1.72. The second-order valence-electron chi connectivity index (χ2n) is 4.69. The molecule has 0 aliphatic carbocycles. The number of rotatable bonds is 7. The molecule has 2 unspecified atom stereocenters. The molecule has 1 fully saturated rings. The lowest BCUT2D eigenvalue weighted by Gasteiger charge is -2.27. The van der Waals surface area contributed by atoms with E-state index in [2.05, 4.69) is 18.8 Å². The summed E-state index contributed by atoms with van der Waals surface area (Å²) in [5.74, 6) is 0.410. The molecule has 1 aliphatic rings. The van der Waals surface area contributed by atoms with Gasteiger partial charge in [-0.1, -0.05) is 6.08 Å². The molecular weight excluding hydrogens is 202 g/mol. The number of ether oxygens (including phenoxy) is 1. The first-order valence-electron chi connectivity index (χ1n) is 6.34. The van der Waals surface area contributed by atoms with Gasteiger partial charge in [0.15, 0.2) is 0 Å². The Morgan fingerprint density at radius 1 is 1.50 bits per heavy atom. The van der Waals surface area contributed by atoms with Crippen LogP contribution in [0.2, 0.25) is 0 Å². The van der Waals surface area contributed by atoms with Gasteiger partial charge in [0, 0.05) is 25.8 Å². The fourth-order valence-electron chi connectivity index (χ4n) is 2.06. The number of nitrogens with one attached hydrogen (secondary N) is 1. The summed E-state index contributed by atoms with van der Waals surface area (Å²) < 4.78 is 5.29. The van der Waals surface area contributed by atoms with E-state index < -0.39 is 0 Å². The van der Waals surface area contributed by atoms with Crippen molar-refractivity contribution >= 4 is 0 Å². The molecule has 1 rings (SSSR count). The second-order valence-corrected chi connectivity index (χ2v) is 4.69. The molecule has 3 nitrogen and oxygen atoms in total. The topological polar surface area (TPSA) is 41.5 Å². The van der Waals surface area contributed by atoms with Gasteiger partial charge >= 0.3 is 0 Å². The molecule has 94 valence electrons. The summed E-state index contributed by atoms with van der Waals surface area (Å²) in [6.45, 7) is 8.16. The molecule has 2 atom stereocenters. The van der Waals surface area contributed by atoms with Crippen LogP contribution in [-0.4, -0.2) is 37.0 Å². The summed E-state index contributed by atoms with van der Waals surface area (Å²) in [5, 5.41) is 13.4. The smallest absolute Gasteiger partial charge is 0.0694 e. The van der Waals surface area contributed by atoms with Crippen LogP contribution in [0.1, 0.15) is 32.6 Å². The standard InChI is InChI=1S/C13H25NO2/c1-3-4-5-11(2)14-10-13(15)12-6-8-16-9-7-12/h3,11-15H,1,4-10H2,2H3. The third kappa shape index (κ3) is 5.10. The van der Waals surface area contributed by atoms with Crippen molar-refractivity contribution in [2.45, 2.75) is 44.8 Å². The minimum atomic E-state index is -0.227. The molecule has 3 heteroatoms. The van der Waals surface area contributed by atoms with Gasteiger partial charge in [-0.2, -0.15) is 0 Å². The average molecular weight is 227 g/mol. The Labute approximate surface area is 98.9 Å². The minimum absolute atomic E-state index is 0.227. The van der Waals surface area contributed by atoms with Gasteiger partial charge < -0.3 is 15.2 Å². The van der Waals surface area contributed by atoms with Crippen molar-refractivity contribution in [2.75, 3.05) is 19.8 Å². The Bertz CT molecular complexity index is 190. The Kier molecular flexibility index (Phi) is 6.69. The van der Waals surface area contributed by atoms with Crippen LogP contribution in [0, 0.1) is 5.92 Å². The van der Waals surface area contributed by atoms with Crippen LogP contribution < -0.4 is 5.32 Å². The van der Waals surface area contributed by atoms with Gasteiger partial charge in [-0.25, -0.2) is 0 Å². The van der Waals surface area contributed by atoms with Crippen molar-refractivity contribution < 1.29 is 9.84 Å². The fraction of sp³-hybridized carbons (Fsp3) is 0.846. The van der Waals surface area contributed by atoms with E-state index in [-0.39, 0.29) is 6.10 Å². The van der Waals surface area contributed by atoms with Crippen LogP contribution >= 0.6 is 0 Å². The number of hydrogen-bond donors (Lipinski definition) is 2. The van der Waals surface area contributed by atoms with Gasteiger partial charge in [-0.05, 0) is 38.5 Å². The maximum absolute atomic E-state index is 10.0. The number of allylic oxidation sites excluding steroid dienone is 1.